The molecule has 9 heteroatoms. The van der Waals surface area contributed by atoms with Crippen molar-refractivity contribution in [2.75, 3.05) is 17.3 Å². The average Bonchev–Trinajstić information content (AvgIpc) is 2.73. The van der Waals surface area contributed by atoms with E-state index in [9.17, 15) is 14.7 Å². The SMILES string of the molecule is Cc1cnc(NC(=O)N(C)c2ccc(C(=O)O)cc2OCc2cccnc2)cn1. The van der Waals surface area contributed by atoms with Crippen molar-refractivity contribution in [3.05, 3.63) is 71.9 Å². The minimum atomic E-state index is -1.09. The maximum absolute atomic E-state index is 12.6. The highest BCUT2D eigenvalue weighted by atomic mass is 16.5. The van der Waals surface area contributed by atoms with Crippen molar-refractivity contribution >= 4 is 23.5 Å². The molecule has 0 aliphatic rings. The number of carboxylic acids is 1. The Bertz CT molecular complexity index is 1010. The largest absolute Gasteiger partial charge is 0.487 e. The average molecular weight is 393 g/mol. The van der Waals surface area contributed by atoms with Crippen LogP contribution in [-0.2, 0) is 6.61 Å². The maximum Gasteiger partial charge on any atom is 0.335 e. The molecule has 29 heavy (non-hydrogen) atoms. The van der Waals surface area contributed by atoms with Gasteiger partial charge in [0.2, 0.25) is 0 Å². The molecule has 9 nitrogen and oxygen atoms in total. The number of anilines is 2. The molecule has 2 amide bonds. The molecule has 0 spiro atoms. The standard InChI is InChI=1S/C20H19N5O4/c1-13-9-23-18(11-22-13)24-20(28)25(2)16-6-5-15(19(26)27)8-17(16)29-12-14-4-3-7-21-10-14/h3-11H,12H2,1-2H3,(H,26,27)(H,23,24,28). The molecule has 0 aliphatic heterocycles. The Morgan fingerprint density at radius 2 is 2.00 bits per heavy atom. The Balaban J connectivity index is 1.82. The van der Waals surface area contributed by atoms with Crippen LogP contribution in [0.25, 0.3) is 0 Å². The molecule has 2 N–H and O–H groups in total. The third kappa shape index (κ3) is 5.04. The van der Waals surface area contributed by atoms with Gasteiger partial charge in [-0.1, -0.05) is 6.07 Å². The number of nitrogens with one attached hydrogen (secondary N) is 1. The van der Waals surface area contributed by atoms with Gasteiger partial charge in [-0.15, -0.1) is 0 Å². The summed E-state index contributed by atoms with van der Waals surface area (Å²) in [6, 6.07) is 7.43. The Hall–Kier alpha value is -4.01. The van der Waals surface area contributed by atoms with Gasteiger partial charge in [0, 0.05) is 25.0 Å². The molecule has 0 saturated carbocycles. The van der Waals surface area contributed by atoms with Gasteiger partial charge in [0.15, 0.2) is 5.82 Å². The number of rotatable bonds is 6. The first-order valence-electron chi connectivity index (χ1n) is 8.66. The molecule has 0 saturated heterocycles. The highest BCUT2D eigenvalue weighted by Gasteiger charge is 2.18. The Morgan fingerprint density at radius 3 is 2.66 bits per heavy atom. The molecule has 2 heterocycles. The fourth-order valence-electron chi connectivity index (χ4n) is 2.44. The number of hydrogen-bond acceptors (Lipinski definition) is 6. The lowest BCUT2D eigenvalue weighted by Crippen LogP contribution is -2.32. The van der Waals surface area contributed by atoms with Crippen LogP contribution in [0.4, 0.5) is 16.3 Å². The fourth-order valence-corrected chi connectivity index (χ4v) is 2.44. The van der Waals surface area contributed by atoms with Crippen molar-refractivity contribution < 1.29 is 19.4 Å². The molecule has 1 aromatic carbocycles. The minimum absolute atomic E-state index is 0.0492. The summed E-state index contributed by atoms with van der Waals surface area (Å²) < 4.78 is 5.80. The van der Waals surface area contributed by atoms with E-state index in [0.717, 1.165) is 11.3 Å². The monoisotopic (exact) mass is 393 g/mol. The van der Waals surface area contributed by atoms with Gasteiger partial charge >= 0.3 is 12.0 Å². The first-order valence-corrected chi connectivity index (χ1v) is 8.66. The summed E-state index contributed by atoms with van der Waals surface area (Å²) in [5.74, 6) is -0.543. The zero-order chi connectivity index (χ0) is 20.8. The van der Waals surface area contributed by atoms with Crippen molar-refractivity contribution in [1.29, 1.82) is 0 Å². The Kier molecular flexibility index (Phi) is 5.98. The summed E-state index contributed by atoms with van der Waals surface area (Å²) in [7, 11) is 1.55. The van der Waals surface area contributed by atoms with Crippen LogP contribution in [0.1, 0.15) is 21.6 Å². The zero-order valence-corrected chi connectivity index (χ0v) is 15.9. The number of hydrogen-bond donors (Lipinski definition) is 2. The fraction of sp³-hybridized carbons (Fsp3) is 0.150. The Labute approximate surface area is 167 Å². The van der Waals surface area contributed by atoms with Gasteiger partial charge in [0.25, 0.3) is 0 Å². The lowest BCUT2D eigenvalue weighted by molar-refractivity contribution is 0.0696. The molecule has 3 rings (SSSR count). The lowest BCUT2D eigenvalue weighted by atomic mass is 10.1. The molecule has 0 aliphatic carbocycles. The van der Waals surface area contributed by atoms with Crippen LogP contribution in [0.2, 0.25) is 0 Å². The van der Waals surface area contributed by atoms with Crippen LogP contribution in [-0.4, -0.2) is 39.1 Å². The van der Waals surface area contributed by atoms with E-state index in [1.165, 1.54) is 29.3 Å². The van der Waals surface area contributed by atoms with Crippen LogP contribution in [0.15, 0.2) is 55.1 Å². The van der Waals surface area contributed by atoms with Crippen molar-refractivity contribution in [1.82, 2.24) is 15.0 Å². The number of benzene rings is 1. The van der Waals surface area contributed by atoms with Gasteiger partial charge in [-0.25, -0.2) is 14.6 Å². The highest BCUT2D eigenvalue weighted by Crippen LogP contribution is 2.30. The van der Waals surface area contributed by atoms with E-state index in [1.807, 2.05) is 6.07 Å². The molecule has 0 fully saturated rings. The van der Waals surface area contributed by atoms with E-state index in [0.29, 0.717) is 11.5 Å². The molecule has 2 aromatic heterocycles. The quantitative estimate of drug-likeness (QED) is 0.660. The normalized spacial score (nSPS) is 10.3. The predicted octanol–water partition coefficient (Wildman–Crippen LogP) is 3.13. The summed E-state index contributed by atoms with van der Waals surface area (Å²) in [5.41, 5.74) is 1.98. The molecule has 0 atom stereocenters. The highest BCUT2D eigenvalue weighted by molar-refractivity contribution is 6.02. The summed E-state index contributed by atoms with van der Waals surface area (Å²) >= 11 is 0. The predicted molar refractivity (Wildman–Crippen MR) is 106 cm³/mol. The minimum Gasteiger partial charge on any atom is -0.487 e. The summed E-state index contributed by atoms with van der Waals surface area (Å²) in [6.07, 6.45) is 6.29. The van der Waals surface area contributed by atoms with Gasteiger partial charge in [0.05, 0.1) is 29.3 Å². The van der Waals surface area contributed by atoms with Crippen molar-refractivity contribution in [3.8, 4) is 5.75 Å². The molecule has 0 bridgehead atoms. The smallest absolute Gasteiger partial charge is 0.335 e. The van der Waals surface area contributed by atoms with E-state index >= 15 is 0 Å². The summed E-state index contributed by atoms with van der Waals surface area (Å²) in [5, 5.41) is 11.9. The number of urea groups is 1. The number of aromatic carboxylic acids is 1. The van der Waals surface area contributed by atoms with Gasteiger partial charge in [0.1, 0.15) is 12.4 Å². The molecule has 0 radical (unpaired) electrons. The van der Waals surface area contributed by atoms with E-state index in [1.54, 1.807) is 38.6 Å². The van der Waals surface area contributed by atoms with Gasteiger partial charge < -0.3 is 9.84 Å². The number of pyridine rings is 1. The number of carbonyl (C=O) groups is 2. The van der Waals surface area contributed by atoms with Crippen molar-refractivity contribution in [3.63, 3.8) is 0 Å². The maximum atomic E-state index is 12.6. The van der Waals surface area contributed by atoms with E-state index in [2.05, 4.69) is 20.3 Å². The summed E-state index contributed by atoms with van der Waals surface area (Å²) in [4.78, 5) is 37.5. The number of nitrogens with zero attached hydrogens (tertiary/aromatic N) is 4. The van der Waals surface area contributed by atoms with Crippen molar-refractivity contribution in [2.45, 2.75) is 13.5 Å². The van der Waals surface area contributed by atoms with E-state index < -0.39 is 12.0 Å². The van der Waals surface area contributed by atoms with Crippen LogP contribution < -0.4 is 15.0 Å². The first kappa shape index (κ1) is 19.7. The van der Waals surface area contributed by atoms with E-state index in [4.69, 9.17) is 4.74 Å². The molecular formula is C20H19N5O4. The number of aryl methyl sites for hydroxylation is 1. The number of ether oxygens (including phenoxy) is 1. The third-order valence-electron chi connectivity index (χ3n) is 4.01. The second kappa shape index (κ2) is 8.79. The number of carbonyl (C=O) groups excluding carboxylic acids is 1. The molecular weight excluding hydrogens is 374 g/mol. The lowest BCUT2D eigenvalue weighted by Gasteiger charge is -2.21. The summed E-state index contributed by atoms with van der Waals surface area (Å²) in [6.45, 7) is 1.96. The third-order valence-corrected chi connectivity index (χ3v) is 4.01. The number of carboxylic acid groups (broad SMARTS) is 1. The topological polar surface area (TPSA) is 118 Å². The Morgan fingerprint density at radius 1 is 1.17 bits per heavy atom. The molecule has 3 aromatic rings. The van der Waals surface area contributed by atoms with Crippen LogP contribution >= 0.6 is 0 Å². The zero-order valence-electron chi connectivity index (χ0n) is 15.9. The van der Waals surface area contributed by atoms with Gasteiger partial charge in [-0.2, -0.15) is 0 Å². The molecule has 0 unspecified atom stereocenters. The van der Waals surface area contributed by atoms with Gasteiger partial charge in [-0.05, 0) is 31.2 Å². The van der Waals surface area contributed by atoms with Crippen LogP contribution in [0.3, 0.4) is 0 Å². The van der Waals surface area contributed by atoms with Crippen LogP contribution in [0.5, 0.6) is 5.75 Å². The second-order valence-corrected chi connectivity index (χ2v) is 6.17. The number of aromatic nitrogens is 3. The second-order valence-electron chi connectivity index (χ2n) is 6.17. The van der Waals surface area contributed by atoms with Crippen LogP contribution in [0, 0.1) is 6.92 Å². The first-order chi connectivity index (χ1) is 13.9. The van der Waals surface area contributed by atoms with Crippen molar-refractivity contribution in [2.24, 2.45) is 0 Å². The number of amides is 2. The van der Waals surface area contributed by atoms with Gasteiger partial charge in [-0.3, -0.25) is 20.2 Å². The molecule has 148 valence electrons. The van der Waals surface area contributed by atoms with E-state index in [-0.39, 0.29) is 17.9 Å².